The second-order valence-corrected chi connectivity index (χ2v) is 6.98. The number of halogens is 2. The molecular weight excluding hydrogens is 425 g/mol. The van der Waals surface area contributed by atoms with Gasteiger partial charge in [-0.25, -0.2) is 4.98 Å². The third-order valence-electron chi connectivity index (χ3n) is 5.14. The van der Waals surface area contributed by atoms with Crippen molar-refractivity contribution in [2.24, 2.45) is 0 Å². The first-order valence-electron chi connectivity index (χ1n) is 9.50. The van der Waals surface area contributed by atoms with Gasteiger partial charge in [-0.1, -0.05) is 30.3 Å². The van der Waals surface area contributed by atoms with E-state index in [2.05, 4.69) is 14.9 Å². The standard InChI is InChI=1S/C22H25N3O3.2ClH/c1-27-20-8-7-17(11-21(20)28-15-16-5-3-2-4-6-16)22-23-9-10-25(22)19-12-18(14-26)24-13-19;;/h2-11,18-19,24,26H,12-15H2,1H3;2*1H/t18-,19-;;/m0../s1. The molecule has 0 saturated carbocycles. The van der Waals surface area contributed by atoms with Gasteiger partial charge in [0.1, 0.15) is 12.4 Å². The average molecular weight is 452 g/mol. The van der Waals surface area contributed by atoms with E-state index in [-0.39, 0.29) is 43.5 Å². The summed E-state index contributed by atoms with van der Waals surface area (Å²) in [5.74, 6) is 2.27. The Labute approximate surface area is 189 Å². The molecule has 0 aliphatic carbocycles. The first-order chi connectivity index (χ1) is 13.8. The van der Waals surface area contributed by atoms with E-state index < -0.39 is 0 Å². The van der Waals surface area contributed by atoms with Crippen LogP contribution in [0.15, 0.2) is 60.9 Å². The van der Waals surface area contributed by atoms with Gasteiger partial charge in [-0.05, 0) is 30.2 Å². The molecule has 2 N–H and O–H groups in total. The average Bonchev–Trinajstić information content (AvgIpc) is 3.42. The van der Waals surface area contributed by atoms with Crippen LogP contribution in [0.3, 0.4) is 0 Å². The Kier molecular flexibility index (Phi) is 8.99. The summed E-state index contributed by atoms with van der Waals surface area (Å²) >= 11 is 0. The Morgan fingerprint density at radius 2 is 1.93 bits per heavy atom. The molecule has 4 rings (SSSR count). The lowest BCUT2D eigenvalue weighted by Gasteiger charge is -2.16. The molecule has 6 nitrogen and oxygen atoms in total. The van der Waals surface area contributed by atoms with Gasteiger partial charge in [-0.2, -0.15) is 0 Å². The van der Waals surface area contributed by atoms with Crippen LogP contribution in [0.25, 0.3) is 11.4 Å². The molecule has 162 valence electrons. The number of rotatable bonds is 7. The lowest BCUT2D eigenvalue weighted by Crippen LogP contribution is -2.24. The second-order valence-electron chi connectivity index (χ2n) is 6.98. The number of aromatic nitrogens is 2. The number of aliphatic hydroxyl groups is 1. The normalized spacial score (nSPS) is 17.7. The van der Waals surface area contributed by atoms with Crippen LogP contribution in [-0.2, 0) is 6.61 Å². The van der Waals surface area contributed by atoms with Crippen molar-refractivity contribution in [1.82, 2.24) is 14.9 Å². The largest absolute Gasteiger partial charge is 0.493 e. The van der Waals surface area contributed by atoms with Gasteiger partial charge < -0.3 is 24.5 Å². The summed E-state index contributed by atoms with van der Waals surface area (Å²) in [4.78, 5) is 4.57. The molecule has 1 aliphatic heterocycles. The van der Waals surface area contributed by atoms with Gasteiger partial charge in [0.25, 0.3) is 0 Å². The fourth-order valence-corrected chi connectivity index (χ4v) is 3.64. The molecule has 1 fully saturated rings. The Bertz CT molecular complexity index is 921. The van der Waals surface area contributed by atoms with Gasteiger partial charge in [0.15, 0.2) is 11.5 Å². The van der Waals surface area contributed by atoms with Crippen molar-refractivity contribution in [3.63, 3.8) is 0 Å². The smallest absolute Gasteiger partial charge is 0.162 e. The van der Waals surface area contributed by atoms with Gasteiger partial charge in [-0.15, -0.1) is 24.8 Å². The summed E-state index contributed by atoms with van der Waals surface area (Å²) in [6.45, 7) is 1.45. The minimum Gasteiger partial charge on any atom is -0.493 e. The van der Waals surface area contributed by atoms with E-state index >= 15 is 0 Å². The third kappa shape index (κ3) is 5.26. The van der Waals surface area contributed by atoms with E-state index in [9.17, 15) is 5.11 Å². The summed E-state index contributed by atoms with van der Waals surface area (Å²) in [5.41, 5.74) is 2.07. The van der Waals surface area contributed by atoms with Gasteiger partial charge in [-0.3, -0.25) is 0 Å². The van der Waals surface area contributed by atoms with Gasteiger partial charge in [0.2, 0.25) is 0 Å². The number of hydrogen-bond acceptors (Lipinski definition) is 5. The molecule has 30 heavy (non-hydrogen) atoms. The number of methoxy groups -OCH3 is 1. The quantitative estimate of drug-likeness (QED) is 0.570. The number of ether oxygens (including phenoxy) is 2. The highest BCUT2D eigenvalue weighted by Gasteiger charge is 2.26. The van der Waals surface area contributed by atoms with Crippen molar-refractivity contribution in [3.8, 4) is 22.9 Å². The maximum atomic E-state index is 9.40. The lowest BCUT2D eigenvalue weighted by molar-refractivity contribution is 0.253. The summed E-state index contributed by atoms with van der Waals surface area (Å²) in [5, 5.41) is 12.7. The minimum atomic E-state index is 0. The number of imidazole rings is 1. The molecule has 0 bridgehead atoms. The molecule has 2 atom stereocenters. The second kappa shape index (κ2) is 11.2. The molecule has 0 radical (unpaired) electrons. The summed E-state index contributed by atoms with van der Waals surface area (Å²) in [6.07, 6.45) is 4.69. The van der Waals surface area contributed by atoms with Crippen LogP contribution in [0.5, 0.6) is 11.5 Å². The molecule has 1 aromatic heterocycles. The first-order valence-corrected chi connectivity index (χ1v) is 9.50. The van der Waals surface area contributed by atoms with Gasteiger partial charge >= 0.3 is 0 Å². The summed E-state index contributed by atoms with van der Waals surface area (Å²) in [7, 11) is 1.64. The number of nitrogens with zero attached hydrogens (tertiary/aromatic N) is 2. The number of benzene rings is 2. The molecule has 2 heterocycles. The van der Waals surface area contributed by atoms with Crippen LogP contribution in [0.1, 0.15) is 18.0 Å². The van der Waals surface area contributed by atoms with Crippen molar-refractivity contribution < 1.29 is 14.6 Å². The SMILES string of the molecule is COc1ccc(-c2nccn2[C@@H]2CN[C@H](CO)C2)cc1OCc1ccccc1.Cl.Cl. The molecule has 0 spiro atoms. The van der Waals surface area contributed by atoms with Crippen LogP contribution in [0.4, 0.5) is 0 Å². The predicted octanol–water partition coefficient (Wildman–Crippen LogP) is 3.88. The van der Waals surface area contributed by atoms with Crippen LogP contribution in [0.2, 0.25) is 0 Å². The highest BCUT2D eigenvalue weighted by atomic mass is 35.5. The van der Waals surface area contributed by atoms with Crippen LogP contribution >= 0.6 is 24.8 Å². The van der Waals surface area contributed by atoms with E-state index in [1.165, 1.54) is 0 Å². The van der Waals surface area contributed by atoms with E-state index in [4.69, 9.17) is 9.47 Å². The molecule has 0 unspecified atom stereocenters. The summed E-state index contributed by atoms with van der Waals surface area (Å²) < 4.78 is 13.7. The molecule has 8 heteroatoms. The van der Waals surface area contributed by atoms with E-state index in [0.29, 0.717) is 18.1 Å². The maximum Gasteiger partial charge on any atom is 0.162 e. The molecule has 2 aromatic carbocycles. The number of nitrogens with one attached hydrogen (secondary N) is 1. The topological polar surface area (TPSA) is 68.5 Å². The third-order valence-corrected chi connectivity index (χ3v) is 5.14. The monoisotopic (exact) mass is 451 g/mol. The zero-order chi connectivity index (χ0) is 19.3. The number of aliphatic hydroxyl groups excluding tert-OH is 1. The zero-order valence-electron chi connectivity index (χ0n) is 16.7. The van der Waals surface area contributed by atoms with Crippen molar-refractivity contribution >= 4 is 24.8 Å². The highest BCUT2D eigenvalue weighted by molar-refractivity contribution is 5.85. The van der Waals surface area contributed by atoms with Gasteiger partial charge in [0, 0.05) is 36.6 Å². The van der Waals surface area contributed by atoms with Crippen LogP contribution in [0, 0.1) is 0 Å². The first kappa shape index (κ1) is 24.0. The van der Waals surface area contributed by atoms with E-state index in [1.807, 2.05) is 60.9 Å². The summed E-state index contributed by atoms with van der Waals surface area (Å²) in [6, 6.07) is 16.4. The highest BCUT2D eigenvalue weighted by Crippen LogP contribution is 2.34. The van der Waals surface area contributed by atoms with Crippen LogP contribution in [-0.4, -0.2) is 41.0 Å². The fraction of sp³-hybridized carbons (Fsp3) is 0.318. The Morgan fingerprint density at radius 3 is 2.63 bits per heavy atom. The van der Waals surface area contributed by atoms with Crippen LogP contribution < -0.4 is 14.8 Å². The predicted molar refractivity (Wildman–Crippen MR) is 122 cm³/mol. The molecule has 1 saturated heterocycles. The van der Waals surface area contributed by atoms with Crippen molar-refractivity contribution in [3.05, 3.63) is 66.5 Å². The maximum absolute atomic E-state index is 9.40. The number of hydrogen-bond donors (Lipinski definition) is 2. The minimum absolute atomic E-state index is 0. The molecule has 0 amide bonds. The molecular formula is C22H27Cl2N3O3. The van der Waals surface area contributed by atoms with Crippen molar-refractivity contribution in [1.29, 1.82) is 0 Å². The fourth-order valence-electron chi connectivity index (χ4n) is 3.64. The van der Waals surface area contributed by atoms with Crippen molar-refractivity contribution in [2.75, 3.05) is 20.3 Å². The Morgan fingerprint density at radius 1 is 1.13 bits per heavy atom. The van der Waals surface area contributed by atoms with Crippen molar-refractivity contribution in [2.45, 2.75) is 25.1 Å². The molecule has 1 aliphatic rings. The lowest BCUT2D eigenvalue weighted by atomic mass is 10.1. The Balaban J connectivity index is 0.00000160. The van der Waals surface area contributed by atoms with E-state index in [0.717, 1.165) is 29.9 Å². The van der Waals surface area contributed by atoms with E-state index in [1.54, 1.807) is 7.11 Å². The van der Waals surface area contributed by atoms with Gasteiger partial charge in [0.05, 0.1) is 13.7 Å². The molecule has 3 aromatic rings. The Hall–Kier alpha value is -2.25. The zero-order valence-corrected chi connectivity index (χ0v) is 18.4.